The summed E-state index contributed by atoms with van der Waals surface area (Å²) in [6, 6.07) is 4.23. The Hall–Kier alpha value is -1.49. The van der Waals surface area contributed by atoms with E-state index in [4.69, 9.17) is 4.74 Å². The molecule has 0 atom stereocenters. The molecule has 4 nitrogen and oxygen atoms in total. The highest BCUT2D eigenvalue weighted by atomic mass is 19.1. The predicted molar refractivity (Wildman–Crippen MR) is 60.1 cm³/mol. The molecule has 2 rings (SSSR count). The second-order valence-electron chi connectivity index (χ2n) is 4.68. The highest BCUT2D eigenvalue weighted by Crippen LogP contribution is 2.17. The number of ether oxygens (including phenoxy) is 1. The van der Waals surface area contributed by atoms with Gasteiger partial charge in [-0.1, -0.05) is 6.07 Å². The molecule has 1 saturated heterocycles. The topological polar surface area (TPSA) is 42.4 Å². The lowest BCUT2D eigenvalue weighted by molar-refractivity contribution is -0.0765. The van der Waals surface area contributed by atoms with Crippen molar-refractivity contribution in [3.05, 3.63) is 29.8 Å². The number of halogens is 1. The van der Waals surface area contributed by atoms with Crippen LogP contribution in [0, 0.1) is 5.95 Å². The maximum absolute atomic E-state index is 12.9. The van der Waals surface area contributed by atoms with Gasteiger partial charge in [0.2, 0.25) is 5.95 Å². The number of morpholine rings is 1. The first-order valence-electron chi connectivity index (χ1n) is 5.54. The van der Waals surface area contributed by atoms with E-state index in [1.165, 1.54) is 18.2 Å². The Kier molecular flexibility index (Phi) is 3.11. The van der Waals surface area contributed by atoms with Crippen LogP contribution in [-0.2, 0) is 4.74 Å². The molecule has 1 fully saturated rings. The summed E-state index contributed by atoms with van der Waals surface area (Å²) in [6.45, 7) is 5.34. The van der Waals surface area contributed by atoms with E-state index in [9.17, 15) is 9.18 Å². The number of pyridine rings is 1. The standard InChI is InChI=1S/C12H15FN2O2/c1-12(2)8-15(6-7-17-12)11(16)9-4-3-5-10(13)14-9/h3-5H,6-8H2,1-2H3. The van der Waals surface area contributed by atoms with Gasteiger partial charge in [0.05, 0.1) is 12.2 Å². The molecule has 0 aliphatic carbocycles. The van der Waals surface area contributed by atoms with Gasteiger partial charge >= 0.3 is 0 Å². The fourth-order valence-electron chi connectivity index (χ4n) is 1.88. The van der Waals surface area contributed by atoms with Crippen LogP contribution in [0.5, 0.6) is 0 Å². The molecule has 0 spiro atoms. The Morgan fingerprint density at radius 3 is 2.94 bits per heavy atom. The quantitative estimate of drug-likeness (QED) is 0.696. The average Bonchev–Trinajstić information content (AvgIpc) is 2.26. The second kappa shape index (κ2) is 4.41. The third-order valence-corrected chi connectivity index (χ3v) is 2.65. The number of hydrogen-bond donors (Lipinski definition) is 0. The van der Waals surface area contributed by atoms with E-state index in [0.717, 1.165) is 0 Å². The molecule has 0 N–H and O–H groups in total. The molecule has 1 aliphatic rings. The number of carbonyl (C=O) groups excluding carboxylic acids is 1. The van der Waals surface area contributed by atoms with Gasteiger partial charge < -0.3 is 9.64 Å². The molecular weight excluding hydrogens is 223 g/mol. The molecule has 2 heterocycles. The minimum absolute atomic E-state index is 0.141. The molecule has 92 valence electrons. The van der Waals surface area contributed by atoms with Gasteiger partial charge in [0, 0.05) is 13.1 Å². The van der Waals surface area contributed by atoms with Gasteiger partial charge in [-0.25, -0.2) is 4.98 Å². The Labute approximate surface area is 99.4 Å². The van der Waals surface area contributed by atoms with Crippen molar-refractivity contribution in [2.75, 3.05) is 19.7 Å². The van der Waals surface area contributed by atoms with Crippen molar-refractivity contribution in [2.24, 2.45) is 0 Å². The van der Waals surface area contributed by atoms with E-state index in [1.807, 2.05) is 13.8 Å². The highest BCUT2D eigenvalue weighted by Gasteiger charge is 2.30. The summed E-state index contributed by atoms with van der Waals surface area (Å²) in [4.78, 5) is 17.3. The molecule has 0 bridgehead atoms. The van der Waals surface area contributed by atoms with Crippen LogP contribution in [0.1, 0.15) is 24.3 Å². The van der Waals surface area contributed by atoms with Crippen LogP contribution in [0.4, 0.5) is 4.39 Å². The van der Waals surface area contributed by atoms with Crippen LogP contribution in [0.25, 0.3) is 0 Å². The molecule has 1 aromatic rings. The van der Waals surface area contributed by atoms with Gasteiger partial charge in [0.25, 0.3) is 5.91 Å². The van der Waals surface area contributed by atoms with Crippen LogP contribution in [-0.4, -0.2) is 41.1 Å². The largest absolute Gasteiger partial charge is 0.372 e. The van der Waals surface area contributed by atoms with Crippen LogP contribution in [0.3, 0.4) is 0 Å². The van der Waals surface area contributed by atoms with Gasteiger partial charge in [-0.15, -0.1) is 0 Å². The van der Waals surface area contributed by atoms with Crippen LogP contribution in [0.15, 0.2) is 18.2 Å². The lowest BCUT2D eigenvalue weighted by Gasteiger charge is -2.37. The zero-order chi connectivity index (χ0) is 12.5. The zero-order valence-electron chi connectivity index (χ0n) is 9.94. The zero-order valence-corrected chi connectivity index (χ0v) is 9.94. The number of nitrogens with zero attached hydrogens (tertiary/aromatic N) is 2. The highest BCUT2D eigenvalue weighted by molar-refractivity contribution is 5.92. The van der Waals surface area contributed by atoms with Gasteiger partial charge in [-0.2, -0.15) is 4.39 Å². The number of hydrogen-bond acceptors (Lipinski definition) is 3. The van der Waals surface area contributed by atoms with E-state index in [1.54, 1.807) is 4.90 Å². The van der Waals surface area contributed by atoms with E-state index in [0.29, 0.717) is 19.7 Å². The Bertz CT molecular complexity index is 434. The first-order chi connectivity index (χ1) is 7.98. The number of aromatic nitrogens is 1. The summed E-state index contributed by atoms with van der Waals surface area (Å²) in [5, 5.41) is 0. The van der Waals surface area contributed by atoms with Crippen molar-refractivity contribution < 1.29 is 13.9 Å². The van der Waals surface area contributed by atoms with Crippen molar-refractivity contribution in [3.63, 3.8) is 0 Å². The molecule has 0 saturated carbocycles. The van der Waals surface area contributed by atoms with Crippen LogP contribution < -0.4 is 0 Å². The van der Waals surface area contributed by atoms with Gasteiger partial charge in [-0.3, -0.25) is 4.79 Å². The van der Waals surface area contributed by atoms with Crippen LogP contribution in [0.2, 0.25) is 0 Å². The Morgan fingerprint density at radius 2 is 2.29 bits per heavy atom. The summed E-state index contributed by atoms with van der Waals surface area (Å²) in [7, 11) is 0. The van der Waals surface area contributed by atoms with Crippen molar-refractivity contribution in [2.45, 2.75) is 19.4 Å². The Morgan fingerprint density at radius 1 is 1.53 bits per heavy atom. The summed E-state index contributed by atoms with van der Waals surface area (Å²) in [5.41, 5.74) is -0.218. The summed E-state index contributed by atoms with van der Waals surface area (Å²) >= 11 is 0. The smallest absolute Gasteiger partial charge is 0.272 e. The molecule has 1 aromatic heterocycles. The Balaban J connectivity index is 2.15. The summed E-state index contributed by atoms with van der Waals surface area (Å²) in [5.74, 6) is -0.885. The average molecular weight is 238 g/mol. The molecule has 1 aliphatic heterocycles. The fourth-order valence-corrected chi connectivity index (χ4v) is 1.88. The van der Waals surface area contributed by atoms with Crippen molar-refractivity contribution in [1.29, 1.82) is 0 Å². The maximum Gasteiger partial charge on any atom is 0.272 e. The van der Waals surface area contributed by atoms with Crippen molar-refractivity contribution in [1.82, 2.24) is 9.88 Å². The van der Waals surface area contributed by atoms with Gasteiger partial charge in [0.1, 0.15) is 5.69 Å². The number of amides is 1. The van der Waals surface area contributed by atoms with Crippen LogP contribution >= 0.6 is 0 Å². The predicted octanol–water partition coefficient (Wildman–Crippen LogP) is 1.47. The first-order valence-corrected chi connectivity index (χ1v) is 5.54. The first kappa shape index (κ1) is 12.0. The lowest BCUT2D eigenvalue weighted by Crippen LogP contribution is -2.50. The molecule has 17 heavy (non-hydrogen) atoms. The van der Waals surface area contributed by atoms with Crippen molar-refractivity contribution in [3.8, 4) is 0 Å². The SMILES string of the molecule is CC1(C)CN(C(=O)c2cccc(F)n2)CCO1. The van der Waals surface area contributed by atoms with E-state index in [2.05, 4.69) is 4.98 Å². The van der Waals surface area contributed by atoms with E-state index < -0.39 is 5.95 Å². The lowest BCUT2D eigenvalue weighted by atomic mass is 10.1. The van der Waals surface area contributed by atoms with Gasteiger partial charge in [0.15, 0.2) is 0 Å². The third-order valence-electron chi connectivity index (χ3n) is 2.65. The van der Waals surface area contributed by atoms with Crippen molar-refractivity contribution >= 4 is 5.91 Å². The minimum atomic E-state index is -0.636. The molecule has 5 heteroatoms. The number of carbonyl (C=O) groups is 1. The van der Waals surface area contributed by atoms with E-state index >= 15 is 0 Å². The maximum atomic E-state index is 12.9. The molecular formula is C12H15FN2O2. The monoisotopic (exact) mass is 238 g/mol. The molecule has 0 unspecified atom stereocenters. The number of rotatable bonds is 1. The molecule has 0 radical (unpaired) electrons. The minimum Gasteiger partial charge on any atom is -0.372 e. The third kappa shape index (κ3) is 2.79. The fraction of sp³-hybridized carbons (Fsp3) is 0.500. The second-order valence-corrected chi connectivity index (χ2v) is 4.68. The molecule has 0 aromatic carbocycles. The van der Waals surface area contributed by atoms with E-state index in [-0.39, 0.29) is 17.2 Å². The normalized spacial score (nSPS) is 19.1. The molecule has 1 amide bonds. The summed E-state index contributed by atoms with van der Waals surface area (Å²) < 4.78 is 18.5. The summed E-state index contributed by atoms with van der Waals surface area (Å²) in [6.07, 6.45) is 0. The van der Waals surface area contributed by atoms with Gasteiger partial charge in [-0.05, 0) is 26.0 Å².